The van der Waals surface area contributed by atoms with E-state index < -0.39 is 17.7 Å². The van der Waals surface area contributed by atoms with Crippen molar-refractivity contribution >= 4 is 17.7 Å². The van der Waals surface area contributed by atoms with Crippen LogP contribution in [0.3, 0.4) is 0 Å². The van der Waals surface area contributed by atoms with E-state index >= 15 is 0 Å². The second kappa shape index (κ2) is 10.8. The molecule has 0 aliphatic rings. The summed E-state index contributed by atoms with van der Waals surface area (Å²) in [4.78, 5) is 12.2. The van der Waals surface area contributed by atoms with Gasteiger partial charge in [-0.05, 0) is 71.1 Å². The molecule has 0 atom stereocenters. The van der Waals surface area contributed by atoms with Crippen molar-refractivity contribution in [2.75, 3.05) is 13.7 Å². The van der Waals surface area contributed by atoms with E-state index in [0.29, 0.717) is 17.1 Å². The molecule has 3 aromatic rings. The molecule has 0 fully saturated rings. The molecule has 3 aromatic carbocycles. The van der Waals surface area contributed by atoms with Gasteiger partial charge in [-0.25, -0.2) is 4.79 Å². The van der Waals surface area contributed by atoms with Gasteiger partial charge in [0.15, 0.2) is 6.61 Å². The lowest BCUT2D eigenvalue weighted by Gasteiger charge is -2.13. The summed E-state index contributed by atoms with van der Waals surface area (Å²) < 4.78 is 48.5. The molecule has 4 nitrogen and oxygen atoms in total. The first-order valence-corrected chi connectivity index (χ1v) is 11.0. The van der Waals surface area contributed by atoms with Crippen molar-refractivity contribution in [2.24, 2.45) is 0 Å². The summed E-state index contributed by atoms with van der Waals surface area (Å²) in [6.07, 6.45) is -4.38. The number of thioether (sulfide) groups is 1. The van der Waals surface area contributed by atoms with Crippen LogP contribution in [0.5, 0.6) is 5.75 Å². The number of hydrogen-bond acceptors (Lipinski definition) is 5. The Morgan fingerprint density at radius 2 is 1.67 bits per heavy atom. The molecule has 0 aromatic heterocycles. The van der Waals surface area contributed by atoms with Crippen molar-refractivity contribution < 1.29 is 32.5 Å². The number of halogens is 3. The molecule has 0 spiro atoms. The lowest BCUT2D eigenvalue weighted by atomic mass is 9.99. The number of methoxy groups -OCH3 is 1. The topological polar surface area (TPSA) is 55.8 Å². The van der Waals surface area contributed by atoms with Crippen LogP contribution in [0, 0.1) is 6.92 Å². The summed E-state index contributed by atoms with van der Waals surface area (Å²) in [5, 5.41) is 9.72. The third-order valence-electron chi connectivity index (χ3n) is 5.04. The normalized spacial score (nSPS) is 11.3. The Balaban J connectivity index is 1.74. The van der Waals surface area contributed by atoms with Gasteiger partial charge in [0, 0.05) is 10.6 Å². The zero-order valence-electron chi connectivity index (χ0n) is 18.1. The highest BCUT2D eigenvalue weighted by Gasteiger charge is 2.30. The highest BCUT2D eigenvalue weighted by molar-refractivity contribution is 7.98. The van der Waals surface area contributed by atoms with Crippen LogP contribution in [0.4, 0.5) is 13.2 Å². The minimum atomic E-state index is -4.38. The molecule has 0 aliphatic heterocycles. The van der Waals surface area contributed by atoms with Crippen LogP contribution in [0.1, 0.15) is 22.3 Å². The van der Waals surface area contributed by atoms with E-state index in [9.17, 15) is 23.1 Å². The SMILES string of the molecule is COC(=O)COc1ccc(SCc2cc(-c3ccc(C(F)(F)F)cc3)ccc2CO)cc1C. The number of benzene rings is 3. The molecule has 8 heteroatoms. The zero-order chi connectivity index (χ0) is 24.0. The maximum absolute atomic E-state index is 12.8. The number of ether oxygens (including phenoxy) is 2. The molecule has 0 radical (unpaired) electrons. The molecular weight excluding hydrogens is 453 g/mol. The summed E-state index contributed by atoms with van der Waals surface area (Å²) in [5.41, 5.74) is 3.27. The largest absolute Gasteiger partial charge is 0.482 e. The first kappa shape index (κ1) is 24.7. The number of aryl methyl sites for hydroxylation is 1. The molecule has 3 rings (SSSR count). The Morgan fingerprint density at radius 1 is 0.970 bits per heavy atom. The maximum atomic E-state index is 12.8. The Hall–Kier alpha value is -2.97. The van der Waals surface area contributed by atoms with Crippen molar-refractivity contribution in [3.8, 4) is 16.9 Å². The fourth-order valence-corrected chi connectivity index (χ4v) is 4.19. The molecule has 0 amide bonds. The number of rotatable bonds is 8. The Morgan fingerprint density at radius 3 is 2.27 bits per heavy atom. The quantitative estimate of drug-likeness (QED) is 0.318. The van der Waals surface area contributed by atoms with Gasteiger partial charge in [-0.15, -0.1) is 11.8 Å². The number of carbonyl (C=O) groups is 1. The lowest BCUT2D eigenvalue weighted by Crippen LogP contribution is -2.12. The highest BCUT2D eigenvalue weighted by Crippen LogP contribution is 2.33. The monoisotopic (exact) mass is 476 g/mol. The van der Waals surface area contributed by atoms with Gasteiger partial charge in [-0.3, -0.25) is 0 Å². The summed E-state index contributed by atoms with van der Waals surface area (Å²) >= 11 is 1.56. The van der Waals surface area contributed by atoms with Gasteiger partial charge in [-0.2, -0.15) is 13.2 Å². The molecule has 0 heterocycles. The second-order valence-electron chi connectivity index (χ2n) is 7.30. The van der Waals surface area contributed by atoms with E-state index in [1.54, 1.807) is 30.0 Å². The Labute approximate surface area is 194 Å². The van der Waals surface area contributed by atoms with Crippen LogP contribution in [0.15, 0.2) is 65.6 Å². The van der Waals surface area contributed by atoms with Crippen molar-refractivity contribution in [1.82, 2.24) is 0 Å². The van der Waals surface area contributed by atoms with Crippen LogP contribution in [0.25, 0.3) is 11.1 Å². The van der Waals surface area contributed by atoms with Crippen LogP contribution in [-0.4, -0.2) is 24.8 Å². The van der Waals surface area contributed by atoms with Gasteiger partial charge >= 0.3 is 12.1 Å². The number of carbonyl (C=O) groups excluding carboxylic acids is 1. The molecule has 0 saturated carbocycles. The Kier molecular flexibility index (Phi) is 8.05. The smallest absolute Gasteiger partial charge is 0.416 e. The van der Waals surface area contributed by atoms with Gasteiger partial charge in [0.1, 0.15) is 5.75 Å². The Bertz CT molecular complexity index is 1110. The fourth-order valence-electron chi connectivity index (χ4n) is 3.18. The van der Waals surface area contributed by atoms with E-state index in [1.807, 2.05) is 25.1 Å². The molecule has 0 saturated heterocycles. The van der Waals surface area contributed by atoms with Gasteiger partial charge < -0.3 is 14.6 Å². The molecule has 0 unspecified atom stereocenters. The predicted molar refractivity (Wildman–Crippen MR) is 121 cm³/mol. The molecule has 33 heavy (non-hydrogen) atoms. The fraction of sp³-hybridized carbons (Fsp3) is 0.240. The van der Waals surface area contributed by atoms with E-state index in [4.69, 9.17) is 4.74 Å². The van der Waals surface area contributed by atoms with Crippen LogP contribution < -0.4 is 4.74 Å². The minimum Gasteiger partial charge on any atom is -0.482 e. The highest BCUT2D eigenvalue weighted by atomic mass is 32.2. The predicted octanol–water partition coefficient (Wildman–Crippen LogP) is 6.02. The standard InChI is InChI=1S/C25H23F3O4S/c1-16-11-22(9-10-23(16)32-14-24(30)31-2)33-15-20-12-18(3-4-19(20)13-29)17-5-7-21(8-6-17)25(26,27)28/h3-12,29H,13-15H2,1-2H3. The molecule has 0 aliphatic carbocycles. The first-order chi connectivity index (χ1) is 15.7. The molecule has 0 bridgehead atoms. The van der Waals surface area contributed by atoms with Crippen molar-refractivity contribution in [2.45, 2.75) is 30.4 Å². The number of aliphatic hydroxyl groups excluding tert-OH is 1. The van der Waals surface area contributed by atoms with Crippen molar-refractivity contribution in [1.29, 1.82) is 0 Å². The molecule has 1 N–H and O–H groups in total. The number of alkyl halides is 3. The minimum absolute atomic E-state index is 0.136. The van der Waals surface area contributed by atoms with Crippen LogP contribution >= 0.6 is 11.8 Å². The van der Waals surface area contributed by atoms with Gasteiger partial charge in [0.2, 0.25) is 0 Å². The average molecular weight is 477 g/mol. The average Bonchev–Trinajstić information content (AvgIpc) is 2.81. The second-order valence-corrected chi connectivity index (χ2v) is 8.35. The summed E-state index contributed by atoms with van der Waals surface area (Å²) in [6, 6.07) is 16.1. The van der Waals surface area contributed by atoms with Crippen LogP contribution in [-0.2, 0) is 28.1 Å². The maximum Gasteiger partial charge on any atom is 0.416 e. The molecule has 174 valence electrons. The summed E-state index contributed by atoms with van der Waals surface area (Å²) in [7, 11) is 1.30. The zero-order valence-corrected chi connectivity index (χ0v) is 18.9. The van der Waals surface area contributed by atoms with Gasteiger partial charge in [0.25, 0.3) is 0 Å². The summed E-state index contributed by atoms with van der Waals surface area (Å²) in [6.45, 7) is 1.57. The van der Waals surface area contributed by atoms with E-state index in [-0.39, 0.29) is 13.2 Å². The lowest BCUT2D eigenvalue weighted by molar-refractivity contribution is -0.143. The van der Waals surface area contributed by atoms with E-state index in [1.165, 1.54) is 19.2 Å². The van der Waals surface area contributed by atoms with Crippen molar-refractivity contribution in [3.05, 3.63) is 82.9 Å². The number of hydrogen-bond donors (Lipinski definition) is 1. The summed E-state index contributed by atoms with van der Waals surface area (Å²) in [5.74, 6) is 0.689. The first-order valence-electron chi connectivity index (χ1n) is 10.0. The van der Waals surface area contributed by atoms with Crippen LogP contribution in [0.2, 0.25) is 0 Å². The van der Waals surface area contributed by atoms with E-state index in [2.05, 4.69) is 4.74 Å². The number of aliphatic hydroxyl groups is 1. The van der Waals surface area contributed by atoms with Gasteiger partial charge in [0.05, 0.1) is 19.3 Å². The third-order valence-corrected chi connectivity index (χ3v) is 6.08. The van der Waals surface area contributed by atoms with Gasteiger partial charge in [-0.1, -0.05) is 24.3 Å². The molecular formula is C25H23F3O4S. The third kappa shape index (κ3) is 6.52. The van der Waals surface area contributed by atoms with E-state index in [0.717, 1.165) is 39.3 Å². The number of esters is 1. The van der Waals surface area contributed by atoms with Crippen molar-refractivity contribution in [3.63, 3.8) is 0 Å².